The summed E-state index contributed by atoms with van der Waals surface area (Å²) in [6.07, 6.45) is -0.635. The van der Waals surface area contributed by atoms with Gasteiger partial charge in [-0.25, -0.2) is 0 Å². The Morgan fingerprint density at radius 2 is 2.33 bits per heavy atom. The second-order valence-corrected chi connectivity index (χ2v) is 1.76. The summed E-state index contributed by atoms with van der Waals surface area (Å²) in [6.45, 7) is 3.02. The summed E-state index contributed by atoms with van der Waals surface area (Å²) in [5.74, 6) is 4.98. The fourth-order valence-electron chi connectivity index (χ4n) is 0.342. The van der Waals surface area contributed by atoms with Crippen molar-refractivity contribution in [3.63, 3.8) is 0 Å². The molecule has 1 unspecified atom stereocenters. The highest BCUT2D eigenvalue weighted by Gasteiger charge is 2.05. The van der Waals surface area contributed by atoms with Crippen molar-refractivity contribution in [3.8, 4) is 11.8 Å². The zero-order chi connectivity index (χ0) is 7.28. The second-order valence-electron chi connectivity index (χ2n) is 1.76. The van der Waals surface area contributed by atoms with Gasteiger partial charge in [0.05, 0.1) is 0 Å². The molecule has 1 atom stereocenters. The van der Waals surface area contributed by atoms with Gasteiger partial charge in [-0.3, -0.25) is 4.79 Å². The van der Waals surface area contributed by atoms with E-state index in [-0.39, 0.29) is 12.2 Å². The number of Topliss-reactive ketones (excluding diaryl/α,β-unsaturated/α-hetero) is 1. The molecule has 0 aliphatic rings. The average molecular weight is 126 g/mol. The molecule has 0 bridgehead atoms. The average Bonchev–Trinajstić information content (AvgIpc) is 1.82. The van der Waals surface area contributed by atoms with Crippen LogP contribution in [0.5, 0.6) is 0 Å². The smallest absolute Gasteiger partial charge is 0.159 e. The van der Waals surface area contributed by atoms with Crippen molar-refractivity contribution in [2.75, 3.05) is 0 Å². The van der Waals surface area contributed by atoms with Crippen LogP contribution >= 0.6 is 0 Å². The molecule has 0 aromatic heterocycles. The molecule has 1 N–H and O–H groups in total. The van der Waals surface area contributed by atoms with Crippen LogP contribution in [0.15, 0.2) is 0 Å². The first-order valence-corrected chi connectivity index (χ1v) is 2.76. The molecule has 50 valence electrons. The Balaban J connectivity index is 3.59. The minimum absolute atomic E-state index is 0.224. The SMILES string of the molecule is CC#CCC(O)C(C)=O. The topological polar surface area (TPSA) is 37.3 Å². The van der Waals surface area contributed by atoms with Gasteiger partial charge in [0, 0.05) is 6.42 Å². The molecular formula is C7H10O2. The third kappa shape index (κ3) is 3.75. The molecule has 0 radical (unpaired) electrons. The third-order valence-electron chi connectivity index (χ3n) is 0.941. The Kier molecular flexibility index (Phi) is 3.74. The Hall–Kier alpha value is -0.810. The van der Waals surface area contributed by atoms with Gasteiger partial charge in [-0.05, 0) is 13.8 Å². The summed E-state index contributed by atoms with van der Waals surface area (Å²) in [6, 6.07) is 0. The molecule has 0 saturated heterocycles. The van der Waals surface area contributed by atoms with Crippen LogP contribution in [0.25, 0.3) is 0 Å². The van der Waals surface area contributed by atoms with E-state index in [1.807, 2.05) is 0 Å². The summed E-state index contributed by atoms with van der Waals surface area (Å²) >= 11 is 0. The van der Waals surface area contributed by atoms with E-state index in [0.29, 0.717) is 0 Å². The fourth-order valence-corrected chi connectivity index (χ4v) is 0.342. The molecule has 9 heavy (non-hydrogen) atoms. The number of ketones is 1. The molecule has 0 heterocycles. The predicted octanol–water partition coefficient (Wildman–Crippen LogP) is 0.350. The minimum atomic E-state index is -0.891. The largest absolute Gasteiger partial charge is 0.384 e. The van der Waals surface area contributed by atoms with E-state index < -0.39 is 6.10 Å². The minimum Gasteiger partial charge on any atom is -0.384 e. The lowest BCUT2D eigenvalue weighted by Crippen LogP contribution is -2.15. The first kappa shape index (κ1) is 8.19. The molecule has 2 heteroatoms. The van der Waals surface area contributed by atoms with Crippen molar-refractivity contribution in [1.29, 1.82) is 0 Å². The fraction of sp³-hybridized carbons (Fsp3) is 0.571. The van der Waals surface area contributed by atoms with Gasteiger partial charge in [-0.2, -0.15) is 0 Å². The van der Waals surface area contributed by atoms with Crippen LogP contribution in [-0.2, 0) is 4.79 Å². The first-order chi connectivity index (χ1) is 4.18. The van der Waals surface area contributed by atoms with Gasteiger partial charge < -0.3 is 5.11 Å². The summed E-state index contributed by atoms with van der Waals surface area (Å²) in [5.41, 5.74) is 0. The normalized spacial score (nSPS) is 11.4. The Labute approximate surface area is 54.9 Å². The third-order valence-corrected chi connectivity index (χ3v) is 0.941. The maximum Gasteiger partial charge on any atom is 0.159 e. The van der Waals surface area contributed by atoms with Crippen LogP contribution in [0.2, 0.25) is 0 Å². The number of carbonyl (C=O) groups is 1. The summed E-state index contributed by atoms with van der Waals surface area (Å²) < 4.78 is 0. The van der Waals surface area contributed by atoms with Gasteiger partial charge in [0.1, 0.15) is 6.10 Å². The Morgan fingerprint density at radius 1 is 1.78 bits per heavy atom. The summed E-state index contributed by atoms with van der Waals surface area (Å²) in [4.78, 5) is 10.3. The standard InChI is InChI=1S/C7H10O2/c1-3-4-5-7(9)6(2)8/h7,9H,5H2,1-2H3. The van der Waals surface area contributed by atoms with Gasteiger partial charge in [0.25, 0.3) is 0 Å². The molecule has 0 amide bonds. The van der Waals surface area contributed by atoms with Gasteiger partial charge >= 0.3 is 0 Å². The van der Waals surface area contributed by atoms with E-state index in [1.165, 1.54) is 6.92 Å². The molecule has 0 fully saturated rings. The number of rotatable bonds is 2. The number of aliphatic hydroxyl groups is 1. The van der Waals surface area contributed by atoms with E-state index in [0.717, 1.165) is 0 Å². The molecule has 0 spiro atoms. The van der Waals surface area contributed by atoms with Crippen molar-refractivity contribution < 1.29 is 9.90 Å². The maximum absolute atomic E-state index is 10.3. The highest BCUT2D eigenvalue weighted by atomic mass is 16.3. The second kappa shape index (κ2) is 4.11. The molecule has 0 aromatic rings. The van der Waals surface area contributed by atoms with E-state index in [2.05, 4.69) is 11.8 Å². The van der Waals surface area contributed by atoms with Crippen LogP contribution < -0.4 is 0 Å². The number of hydrogen-bond acceptors (Lipinski definition) is 2. The molecule has 2 nitrogen and oxygen atoms in total. The van der Waals surface area contributed by atoms with Gasteiger partial charge in [0.15, 0.2) is 5.78 Å². The molecule has 0 aliphatic heterocycles. The monoisotopic (exact) mass is 126 g/mol. The summed E-state index contributed by atoms with van der Waals surface area (Å²) in [7, 11) is 0. The lowest BCUT2D eigenvalue weighted by molar-refractivity contribution is -0.124. The van der Waals surface area contributed by atoms with Crippen molar-refractivity contribution in [1.82, 2.24) is 0 Å². The maximum atomic E-state index is 10.3. The lowest BCUT2D eigenvalue weighted by Gasteiger charge is -1.97. The highest BCUT2D eigenvalue weighted by Crippen LogP contribution is 1.89. The van der Waals surface area contributed by atoms with E-state index in [4.69, 9.17) is 5.11 Å². The predicted molar refractivity (Wildman–Crippen MR) is 34.8 cm³/mol. The summed E-state index contributed by atoms with van der Waals surface area (Å²) in [5, 5.41) is 8.81. The molecule has 0 rings (SSSR count). The van der Waals surface area contributed by atoms with Crippen molar-refractivity contribution in [3.05, 3.63) is 0 Å². The number of aliphatic hydroxyl groups excluding tert-OH is 1. The number of hydrogen-bond donors (Lipinski definition) is 1. The van der Waals surface area contributed by atoms with Gasteiger partial charge in [-0.15, -0.1) is 11.8 Å². The zero-order valence-corrected chi connectivity index (χ0v) is 5.64. The van der Waals surface area contributed by atoms with Crippen LogP contribution in [0, 0.1) is 11.8 Å². The first-order valence-electron chi connectivity index (χ1n) is 2.76. The van der Waals surface area contributed by atoms with Crippen LogP contribution in [-0.4, -0.2) is 17.0 Å². The van der Waals surface area contributed by atoms with E-state index in [1.54, 1.807) is 6.92 Å². The molecular weight excluding hydrogens is 116 g/mol. The number of carbonyl (C=O) groups excluding carboxylic acids is 1. The lowest BCUT2D eigenvalue weighted by atomic mass is 10.2. The Morgan fingerprint density at radius 3 is 2.67 bits per heavy atom. The Bertz CT molecular complexity index is 150. The van der Waals surface area contributed by atoms with Crippen molar-refractivity contribution in [2.24, 2.45) is 0 Å². The zero-order valence-electron chi connectivity index (χ0n) is 5.64. The van der Waals surface area contributed by atoms with Crippen LogP contribution in [0.4, 0.5) is 0 Å². The van der Waals surface area contributed by atoms with Crippen LogP contribution in [0.3, 0.4) is 0 Å². The molecule has 0 saturated carbocycles. The molecule has 0 aliphatic carbocycles. The van der Waals surface area contributed by atoms with Crippen LogP contribution in [0.1, 0.15) is 20.3 Å². The van der Waals surface area contributed by atoms with Crippen molar-refractivity contribution in [2.45, 2.75) is 26.4 Å². The van der Waals surface area contributed by atoms with Gasteiger partial charge in [0.2, 0.25) is 0 Å². The van der Waals surface area contributed by atoms with Crippen molar-refractivity contribution >= 4 is 5.78 Å². The van der Waals surface area contributed by atoms with E-state index >= 15 is 0 Å². The molecule has 0 aromatic carbocycles. The van der Waals surface area contributed by atoms with E-state index in [9.17, 15) is 4.79 Å². The highest BCUT2D eigenvalue weighted by molar-refractivity contribution is 5.80. The van der Waals surface area contributed by atoms with Gasteiger partial charge in [-0.1, -0.05) is 0 Å². The quantitative estimate of drug-likeness (QED) is 0.542.